The van der Waals surface area contributed by atoms with Crippen LogP contribution in [0, 0.1) is 6.92 Å². The molecule has 5 nitrogen and oxygen atoms in total. The number of hydrogen-bond donors (Lipinski definition) is 2. The number of benzene rings is 2. The lowest BCUT2D eigenvalue weighted by Gasteiger charge is -2.08. The molecular formula is C22H19N3O2S. The molecule has 0 fully saturated rings. The fourth-order valence-corrected chi connectivity index (χ4v) is 3.07. The molecule has 0 atom stereocenters. The number of aryl methyl sites for hydroxylation is 1. The first kappa shape index (κ1) is 19.3. The predicted molar refractivity (Wildman–Crippen MR) is 113 cm³/mol. The number of amides is 2. The van der Waals surface area contributed by atoms with E-state index in [2.05, 4.69) is 15.8 Å². The normalized spacial score (nSPS) is 11.4. The minimum atomic E-state index is -0.498. The summed E-state index contributed by atoms with van der Waals surface area (Å²) < 4.78 is 0. The van der Waals surface area contributed by atoms with Crippen molar-refractivity contribution in [3.05, 3.63) is 99.4 Å². The maximum atomic E-state index is 12.6. The van der Waals surface area contributed by atoms with E-state index in [1.807, 2.05) is 54.8 Å². The molecule has 0 bridgehead atoms. The SMILES string of the molecule is Cc1ccccc1/C=N/NC(=O)/C(=C/c1cccs1)NC(=O)c1ccccc1. The zero-order valence-corrected chi connectivity index (χ0v) is 16.1. The zero-order valence-electron chi connectivity index (χ0n) is 15.3. The van der Waals surface area contributed by atoms with Gasteiger partial charge in [-0.2, -0.15) is 5.10 Å². The van der Waals surface area contributed by atoms with Gasteiger partial charge < -0.3 is 5.32 Å². The summed E-state index contributed by atoms with van der Waals surface area (Å²) in [5.41, 5.74) is 5.02. The third-order valence-electron chi connectivity index (χ3n) is 3.92. The van der Waals surface area contributed by atoms with E-state index >= 15 is 0 Å². The first-order valence-corrected chi connectivity index (χ1v) is 9.52. The van der Waals surface area contributed by atoms with Crippen LogP contribution in [0.3, 0.4) is 0 Å². The van der Waals surface area contributed by atoms with Gasteiger partial charge in [-0.25, -0.2) is 5.43 Å². The van der Waals surface area contributed by atoms with Crippen LogP contribution in [0.5, 0.6) is 0 Å². The van der Waals surface area contributed by atoms with Crippen LogP contribution in [-0.4, -0.2) is 18.0 Å². The highest BCUT2D eigenvalue weighted by molar-refractivity contribution is 7.10. The molecule has 0 spiro atoms. The smallest absolute Gasteiger partial charge is 0.287 e. The molecule has 1 heterocycles. The highest BCUT2D eigenvalue weighted by Gasteiger charge is 2.14. The van der Waals surface area contributed by atoms with Gasteiger partial charge in [-0.15, -0.1) is 11.3 Å². The molecule has 0 unspecified atom stereocenters. The van der Waals surface area contributed by atoms with Gasteiger partial charge in [0.15, 0.2) is 0 Å². The first-order chi connectivity index (χ1) is 13.6. The van der Waals surface area contributed by atoms with Crippen molar-refractivity contribution < 1.29 is 9.59 Å². The number of nitrogens with zero attached hydrogens (tertiary/aromatic N) is 1. The average molecular weight is 389 g/mol. The molecule has 6 heteroatoms. The molecule has 0 aliphatic heterocycles. The predicted octanol–water partition coefficient (Wildman–Crippen LogP) is 3.98. The maximum absolute atomic E-state index is 12.6. The number of hydrazone groups is 1. The summed E-state index contributed by atoms with van der Waals surface area (Å²) in [6.45, 7) is 1.96. The minimum absolute atomic E-state index is 0.123. The van der Waals surface area contributed by atoms with Gasteiger partial charge in [0, 0.05) is 10.4 Å². The van der Waals surface area contributed by atoms with Gasteiger partial charge >= 0.3 is 0 Å². The summed E-state index contributed by atoms with van der Waals surface area (Å²) in [5.74, 6) is -0.857. The third-order valence-corrected chi connectivity index (χ3v) is 4.74. The van der Waals surface area contributed by atoms with Crippen molar-refractivity contribution in [3.63, 3.8) is 0 Å². The minimum Gasteiger partial charge on any atom is -0.317 e. The fourth-order valence-electron chi connectivity index (χ4n) is 2.41. The molecule has 0 saturated heterocycles. The number of thiophene rings is 1. The van der Waals surface area contributed by atoms with E-state index in [0.29, 0.717) is 5.56 Å². The molecule has 2 amide bonds. The van der Waals surface area contributed by atoms with Crippen LogP contribution in [0.1, 0.15) is 26.4 Å². The number of rotatable bonds is 6. The Kier molecular flexibility index (Phi) is 6.49. The molecule has 3 aromatic rings. The van der Waals surface area contributed by atoms with E-state index in [1.54, 1.807) is 36.6 Å². The van der Waals surface area contributed by atoms with Gasteiger partial charge in [0.1, 0.15) is 5.70 Å². The topological polar surface area (TPSA) is 70.6 Å². The monoisotopic (exact) mass is 389 g/mol. The molecule has 0 saturated carbocycles. The Bertz CT molecular complexity index is 1010. The number of hydrogen-bond acceptors (Lipinski definition) is 4. The van der Waals surface area contributed by atoms with Gasteiger partial charge in [-0.1, -0.05) is 48.5 Å². The van der Waals surface area contributed by atoms with Crippen molar-refractivity contribution in [1.82, 2.24) is 10.7 Å². The summed E-state index contributed by atoms with van der Waals surface area (Å²) in [4.78, 5) is 25.9. The Morgan fingerprint density at radius 2 is 1.71 bits per heavy atom. The molecule has 3 rings (SSSR count). The Labute approximate surface area is 167 Å². The summed E-state index contributed by atoms with van der Waals surface area (Å²) in [6, 6.07) is 20.2. The van der Waals surface area contributed by atoms with Crippen LogP contribution in [0.15, 0.2) is 82.9 Å². The third kappa shape index (κ3) is 5.25. The largest absolute Gasteiger partial charge is 0.317 e. The highest BCUT2D eigenvalue weighted by Crippen LogP contribution is 2.13. The molecule has 140 valence electrons. The fraction of sp³-hybridized carbons (Fsp3) is 0.0455. The summed E-state index contributed by atoms with van der Waals surface area (Å²) in [5, 5.41) is 8.59. The molecule has 0 radical (unpaired) electrons. The number of nitrogens with one attached hydrogen (secondary N) is 2. The lowest BCUT2D eigenvalue weighted by atomic mass is 10.1. The van der Waals surface area contributed by atoms with E-state index in [0.717, 1.165) is 16.0 Å². The lowest BCUT2D eigenvalue weighted by molar-refractivity contribution is -0.117. The summed E-state index contributed by atoms with van der Waals surface area (Å²) in [6.07, 6.45) is 3.21. The second kappa shape index (κ2) is 9.43. The van der Waals surface area contributed by atoms with Crippen LogP contribution >= 0.6 is 11.3 Å². The molecule has 0 aliphatic rings. The first-order valence-electron chi connectivity index (χ1n) is 8.64. The Morgan fingerprint density at radius 1 is 0.964 bits per heavy atom. The van der Waals surface area contributed by atoms with Crippen molar-refractivity contribution in [1.29, 1.82) is 0 Å². The maximum Gasteiger partial charge on any atom is 0.287 e. The second-order valence-electron chi connectivity index (χ2n) is 5.95. The summed E-state index contributed by atoms with van der Waals surface area (Å²) in [7, 11) is 0. The van der Waals surface area contributed by atoms with E-state index in [9.17, 15) is 9.59 Å². The van der Waals surface area contributed by atoms with Crippen molar-refractivity contribution in [2.45, 2.75) is 6.92 Å². The number of carbonyl (C=O) groups is 2. The second-order valence-corrected chi connectivity index (χ2v) is 6.93. The van der Waals surface area contributed by atoms with Crippen molar-refractivity contribution in [3.8, 4) is 0 Å². The van der Waals surface area contributed by atoms with E-state index in [4.69, 9.17) is 0 Å². The van der Waals surface area contributed by atoms with Crippen LogP contribution in [0.25, 0.3) is 6.08 Å². The standard InChI is InChI=1S/C22H19N3O2S/c1-16-8-5-6-11-18(16)15-23-25-22(27)20(14-19-12-7-13-28-19)24-21(26)17-9-3-2-4-10-17/h2-15H,1H3,(H,24,26)(H,25,27)/b20-14-,23-15+. The van der Waals surface area contributed by atoms with E-state index < -0.39 is 5.91 Å². The Morgan fingerprint density at radius 3 is 2.43 bits per heavy atom. The molecule has 2 N–H and O–H groups in total. The molecule has 0 aliphatic carbocycles. The van der Waals surface area contributed by atoms with Crippen LogP contribution < -0.4 is 10.7 Å². The Balaban J connectivity index is 1.76. The Hall–Kier alpha value is -3.51. The molecule has 1 aromatic heterocycles. The van der Waals surface area contributed by atoms with Crippen LogP contribution in [-0.2, 0) is 4.79 Å². The average Bonchev–Trinajstić information content (AvgIpc) is 3.22. The van der Waals surface area contributed by atoms with Crippen molar-refractivity contribution in [2.75, 3.05) is 0 Å². The molecule has 28 heavy (non-hydrogen) atoms. The van der Waals surface area contributed by atoms with E-state index in [1.165, 1.54) is 11.3 Å². The summed E-state index contributed by atoms with van der Waals surface area (Å²) >= 11 is 1.47. The zero-order chi connectivity index (χ0) is 19.8. The van der Waals surface area contributed by atoms with Gasteiger partial charge in [0.25, 0.3) is 11.8 Å². The van der Waals surface area contributed by atoms with Crippen LogP contribution in [0.2, 0.25) is 0 Å². The van der Waals surface area contributed by atoms with E-state index in [-0.39, 0.29) is 11.6 Å². The quantitative estimate of drug-likeness (QED) is 0.380. The van der Waals surface area contributed by atoms with Crippen molar-refractivity contribution >= 4 is 35.4 Å². The van der Waals surface area contributed by atoms with Gasteiger partial charge in [0.2, 0.25) is 0 Å². The lowest BCUT2D eigenvalue weighted by Crippen LogP contribution is -2.32. The number of carbonyl (C=O) groups excluding carboxylic acids is 2. The van der Waals surface area contributed by atoms with Gasteiger partial charge in [0.05, 0.1) is 6.21 Å². The molecule has 2 aromatic carbocycles. The van der Waals surface area contributed by atoms with Gasteiger partial charge in [-0.05, 0) is 47.7 Å². The highest BCUT2D eigenvalue weighted by atomic mass is 32.1. The van der Waals surface area contributed by atoms with Gasteiger partial charge in [-0.3, -0.25) is 9.59 Å². The van der Waals surface area contributed by atoms with Crippen molar-refractivity contribution in [2.24, 2.45) is 5.10 Å². The molecular weight excluding hydrogens is 370 g/mol. The van der Waals surface area contributed by atoms with Crippen LogP contribution in [0.4, 0.5) is 0 Å².